The number of esters is 1. The number of benzene rings is 2. The number of fused-ring (bicyclic) bond motifs is 2. The first-order valence-corrected chi connectivity index (χ1v) is 12.2. The molecule has 0 spiro atoms. The van der Waals surface area contributed by atoms with E-state index >= 15 is 0 Å². The molecule has 0 amide bonds. The lowest BCUT2D eigenvalue weighted by molar-refractivity contribution is -0.107. The van der Waals surface area contributed by atoms with Crippen LogP contribution in [0, 0.1) is 11.8 Å². The third kappa shape index (κ3) is 3.37. The fourth-order valence-electron chi connectivity index (χ4n) is 7.18. The Hall–Kier alpha value is -2.73. The Labute approximate surface area is 202 Å². The second-order valence-electron chi connectivity index (χ2n) is 9.99. The second-order valence-corrected chi connectivity index (χ2v) is 9.99. The smallest absolute Gasteiger partial charge is 0.338 e. The average Bonchev–Trinajstić information content (AvgIpc) is 2.88. The number of methoxy groups -OCH3 is 3. The number of carbonyl (C=O) groups is 1. The van der Waals surface area contributed by atoms with E-state index in [1.165, 1.54) is 5.56 Å². The summed E-state index contributed by atoms with van der Waals surface area (Å²) in [5.41, 5.74) is 3.72. The van der Waals surface area contributed by atoms with Crippen LogP contribution in [0.25, 0.3) is 0 Å². The number of likely N-dealkylation sites (N-methyl/N-ethyl adjacent to an activating group) is 1. The van der Waals surface area contributed by atoms with E-state index in [4.69, 9.17) is 18.9 Å². The van der Waals surface area contributed by atoms with Gasteiger partial charge in [-0.2, -0.15) is 0 Å². The molecule has 5 unspecified atom stereocenters. The molecule has 34 heavy (non-hydrogen) atoms. The lowest BCUT2D eigenvalue weighted by atomic mass is 9.48. The highest BCUT2D eigenvalue weighted by Crippen LogP contribution is 2.59. The van der Waals surface area contributed by atoms with Crippen LogP contribution in [-0.2, 0) is 16.6 Å². The number of piperidine rings is 2. The van der Waals surface area contributed by atoms with Gasteiger partial charge in [0.05, 0.1) is 33.5 Å². The molecule has 0 radical (unpaired) electrons. The van der Waals surface area contributed by atoms with Gasteiger partial charge in [-0.1, -0.05) is 31.2 Å². The summed E-state index contributed by atoms with van der Waals surface area (Å²) in [6.45, 7) is 2.77. The van der Waals surface area contributed by atoms with Gasteiger partial charge in [-0.05, 0) is 61.9 Å². The van der Waals surface area contributed by atoms with Crippen LogP contribution in [-0.4, -0.2) is 57.9 Å². The first kappa shape index (κ1) is 23.0. The lowest BCUT2D eigenvalue weighted by Gasteiger charge is -2.65. The van der Waals surface area contributed by atoms with E-state index in [0.29, 0.717) is 53.3 Å². The van der Waals surface area contributed by atoms with Crippen molar-refractivity contribution in [3.8, 4) is 17.2 Å². The zero-order valence-corrected chi connectivity index (χ0v) is 20.8. The number of hydrogen-bond donors (Lipinski definition) is 0. The Morgan fingerprint density at radius 3 is 2.41 bits per heavy atom. The van der Waals surface area contributed by atoms with Gasteiger partial charge >= 0.3 is 5.97 Å². The molecule has 3 fully saturated rings. The van der Waals surface area contributed by atoms with E-state index in [9.17, 15) is 4.79 Å². The summed E-state index contributed by atoms with van der Waals surface area (Å²) in [6, 6.07) is 13.3. The van der Waals surface area contributed by atoms with Crippen molar-refractivity contribution in [1.29, 1.82) is 0 Å². The SMILES string of the molecule is CCC12CC3C(COC(=O)c4cc(OC)c(OC)c(OC)c4)CC1C(Cc1ccccc12)N3C. The highest BCUT2D eigenvalue weighted by molar-refractivity contribution is 5.91. The molecule has 4 bridgehead atoms. The van der Waals surface area contributed by atoms with Crippen molar-refractivity contribution < 1.29 is 23.7 Å². The molecule has 2 aliphatic carbocycles. The molecule has 0 N–H and O–H groups in total. The van der Waals surface area contributed by atoms with E-state index in [1.54, 1.807) is 39.0 Å². The van der Waals surface area contributed by atoms with E-state index in [-0.39, 0.29) is 11.4 Å². The van der Waals surface area contributed by atoms with Gasteiger partial charge in [0.2, 0.25) is 5.75 Å². The summed E-state index contributed by atoms with van der Waals surface area (Å²) in [5.74, 6) is 1.92. The van der Waals surface area contributed by atoms with Crippen LogP contribution in [0.5, 0.6) is 17.2 Å². The first-order valence-electron chi connectivity index (χ1n) is 12.2. The lowest BCUT2D eigenvalue weighted by Crippen LogP contribution is -2.68. The van der Waals surface area contributed by atoms with E-state index in [1.807, 2.05) is 0 Å². The van der Waals surface area contributed by atoms with Crippen molar-refractivity contribution in [2.24, 2.45) is 11.8 Å². The third-order valence-electron chi connectivity index (χ3n) is 8.84. The van der Waals surface area contributed by atoms with Crippen molar-refractivity contribution in [2.75, 3.05) is 35.0 Å². The van der Waals surface area contributed by atoms with Gasteiger partial charge in [0.1, 0.15) is 0 Å². The first-order chi connectivity index (χ1) is 16.5. The fourth-order valence-corrected chi connectivity index (χ4v) is 7.18. The largest absolute Gasteiger partial charge is 0.493 e. The molecule has 182 valence electrons. The molecule has 2 saturated heterocycles. The standard InChI is InChI=1S/C28H35NO5/c1-6-28-15-23-19(11-21(28)22(29(23)2)12-17-9-7-8-10-20(17)28)16-34-27(30)18-13-24(31-3)26(33-5)25(14-18)32-4/h7-10,13-14,19,21-23H,6,11-12,15-16H2,1-5H3. The zero-order valence-electron chi connectivity index (χ0n) is 20.8. The Morgan fingerprint density at radius 1 is 1.06 bits per heavy atom. The van der Waals surface area contributed by atoms with E-state index in [2.05, 4.69) is 43.1 Å². The maximum atomic E-state index is 13.0. The number of hydrogen-bond acceptors (Lipinski definition) is 6. The maximum absolute atomic E-state index is 13.0. The fraction of sp³-hybridized carbons (Fsp3) is 0.536. The van der Waals surface area contributed by atoms with E-state index in [0.717, 1.165) is 25.7 Å². The molecule has 2 aromatic carbocycles. The summed E-state index contributed by atoms with van der Waals surface area (Å²) >= 11 is 0. The van der Waals surface area contributed by atoms with Crippen molar-refractivity contribution in [1.82, 2.24) is 4.90 Å². The van der Waals surface area contributed by atoms with Crippen molar-refractivity contribution in [3.63, 3.8) is 0 Å². The van der Waals surface area contributed by atoms with Crippen LogP contribution in [0.15, 0.2) is 36.4 Å². The molecule has 6 heteroatoms. The van der Waals surface area contributed by atoms with Gasteiger partial charge in [-0.3, -0.25) is 4.90 Å². The monoisotopic (exact) mass is 465 g/mol. The van der Waals surface area contributed by atoms with Crippen LogP contribution >= 0.6 is 0 Å². The normalized spacial score (nSPS) is 29.3. The number of nitrogens with zero attached hydrogens (tertiary/aromatic N) is 1. The predicted molar refractivity (Wildman–Crippen MR) is 130 cm³/mol. The summed E-state index contributed by atoms with van der Waals surface area (Å²) in [7, 11) is 6.89. The Kier molecular flexibility index (Phi) is 5.96. The molecular formula is C28H35NO5. The van der Waals surface area contributed by atoms with Gasteiger partial charge in [0, 0.05) is 23.4 Å². The highest BCUT2D eigenvalue weighted by Gasteiger charge is 2.59. The number of ether oxygens (including phenoxy) is 4. The number of carbonyl (C=O) groups excluding carboxylic acids is 1. The summed E-state index contributed by atoms with van der Waals surface area (Å²) in [5, 5.41) is 0. The Bertz CT molecular complexity index is 1060. The molecule has 2 heterocycles. The minimum absolute atomic E-state index is 0.244. The Morgan fingerprint density at radius 2 is 1.76 bits per heavy atom. The van der Waals surface area contributed by atoms with Crippen LogP contribution < -0.4 is 14.2 Å². The molecular weight excluding hydrogens is 430 g/mol. The van der Waals surface area contributed by atoms with Crippen molar-refractivity contribution >= 4 is 5.97 Å². The molecule has 4 aliphatic rings. The molecule has 6 rings (SSSR count). The van der Waals surface area contributed by atoms with Gasteiger partial charge in [-0.15, -0.1) is 0 Å². The number of rotatable bonds is 7. The van der Waals surface area contributed by atoms with Gasteiger partial charge in [0.15, 0.2) is 11.5 Å². The highest BCUT2D eigenvalue weighted by atomic mass is 16.5. The van der Waals surface area contributed by atoms with Crippen LogP contribution in [0.4, 0.5) is 0 Å². The maximum Gasteiger partial charge on any atom is 0.338 e. The van der Waals surface area contributed by atoms with Crippen LogP contribution in [0.1, 0.15) is 47.7 Å². The van der Waals surface area contributed by atoms with Crippen LogP contribution in [0.3, 0.4) is 0 Å². The zero-order chi connectivity index (χ0) is 24.0. The molecule has 1 saturated carbocycles. The van der Waals surface area contributed by atoms with Gasteiger partial charge < -0.3 is 18.9 Å². The van der Waals surface area contributed by atoms with E-state index < -0.39 is 0 Å². The summed E-state index contributed by atoms with van der Waals surface area (Å²) in [4.78, 5) is 15.6. The third-order valence-corrected chi connectivity index (χ3v) is 8.84. The molecule has 5 atom stereocenters. The van der Waals surface area contributed by atoms with Crippen molar-refractivity contribution in [3.05, 3.63) is 53.1 Å². The molecule has 2 aliphatic heterocycles. The molecule has 2 aromatic rings. The topological polar surface area (TPSA) is 57.2 Å². The summed E-state index contributed by atoms with van der Waals surface area (Å²) < 4.78 is 22.0. The second kappa shape index (κ2) is 8.81. The molecule has 6 nitrogen and oxygen atoms in total. The van der Waals surface area contributed by atoms with Gasteiger partial charge in [0.25, 0.3) is 0 Å². The summed E-state index contributed by atoms with van der Waals surface area (Å²) in [6.07, 6.45) is 4.51. The van der Waals surface area contributed by atoms with Crippen molar-refractivity contribution in [2.45, 2.75) is 50.1 Å². The van der Waals surface area contributed by atoms with Gasteiger partial charge in [-0.25, -0.2) is 4.79 Å². The minimum Gasteiger partial charge on any atom is -0.493 e. The Balaban J connectivity index is 1.34. The predicted octanol–water partition coefficient (Wildman–Crippen LogP) is 4.48. The quantitative estimate of drug-likeness (QED) is 0.562. The van der Waals surface area contributed by atoms with Crippen LogP contribution in [0.2, 0.25) is 0 Å². The minimum atomic E-state index is -0.362. The average molecular weight is 466 g/mol. The molecule has 0 aromatic heterocycles.